The van der Waals surface area contributed by atoms with Gasteiger partial charge in [-0.1, -0.05) is 105 Å². The van der Waals surface area contributed by atoms with E-state index < -0.39 is 0 Å². The van der Waals surface area contributed by atoms with Gasteiger partial charge in [-0.05, 0) is 59.4 Å². The van der Waals surface area contributed by atoms with Gasteiger partial charge < -0.3 is 0 Å². The number of halogens is 2. The summed E-state index contributed by atoms with van der Waals surface area (Å²) in [6.07, 6.45) is 1.43. The molecule has 0 radical (unpaired) electrons. The second kappa shape index (κ2) is 9.55. The van der Waals surface area contributed by atoms with E-state index in [1.807, 2.05) is 72.8 Å². The normalized spacial score (nSPS) is 10.7. The third kappa shape index (κ3) is 4.97. The molecule has 0 bridgehead atoms. The van der Waals surface area contributed by atoms with Crippen LogP contribution in [0.25, 0.3) is 0 Å². The molecule has 0 saturated heterocycles. The van der Waals surface area contributed by atoms with Crippen LogP contribution in [0, 0.1) is 0 Å². The summed E-state index contributed by atoms with van der Waals surface area (Å²) >= 11 is 7.07. The predicted molar refractivity (Wildman–Crippen MR) is 130 cm³/mol. The number of ketones is 1. The Labute approximate surface area is 194 Å². The Morgan fingerprint density at radius 3 is 1.43 bits per heavy atom. The maximum Gasteiger partial charge on any atom is 0.193 e. The third-order valence-corrected chi connectivity index (χ3v) is 6.08. The SMILES string of the molecule is O=C(c1ccccc1Cc1cccc(Br)c1)c1ccccc1Cc1cccc(Br)c1. The van der Waals surface area contributed by atoms with Crippen LogP contribution in [0.1, 0.15) is 38.2 Å². The maximum absolute atomic E-state index is 13.6. The lowest BCUT2D eigenvalue weighted by atomic mass is 9.90. The average Bonchev–Trinajstić information content (AvgIpc) is 2.74. The molecular weight excluding hydrogens is 500 g/mol. The first-order valence-corrected chi connectivity index (χ1v) is 11.4. The molecule has 0 aliphatic rings. The molecule has 0 saturated carbocycles. The molecule has 30 heavy (non-hydrogen) atoms. The fourth-order valence-corrected chi connectivity index (χ4v) is 4.56. The highest BCUT2D eigenvalue weighted by atomic mass is 79.9. The van der Waals surface area contributed by atoms with Gasteiger partial charge in [-0.2, -0.15) is 0 Å². The molecule has 0 aliphatic heterocycles. The van der Waals surface area contributed by atoms with E-state index >= 15 is 0 Å². The molecule has 4 aromatic carbocycles. The first-order chi connectivity index (χ1) is 14.6. The van der Waals surface area contributed by atoms with E-state index in [1.54, 1.807) is 0 Å². The zero-order chi connectivity index (χ0) is 20.9. The summed E-state index contributed by atoms with van der Waals surface area (Å²) in [5.74, 6) is 0.0752. The fraction of sp³-hybridized carbons (Fsp3) is 0.0741. The van der Waals surface area contributed by atoms with Gasteiger partial charge in [0.05, 0.1) is 0 Å². The molecule has 4 aromatic rings. The minimum absolute atomic E-state index is 0.0752. The van der Waals surface area contributed by atoms with Crippen LogP contribution in [-0.2, 0) is 12.8 Å². The Morgan fingerprint density at radius 2 is 1.00 bits per heavy atom. The minimum Gasteiger partial charge on any atom is -0.289 e. The zero-order valence-corrected chi connectivity index (χ0v) is 19.5. The van der Waals surface area contributed by atoms with Crippen molar-refractivity contribution in [1.29, 1.82) is 0 Å². The van der Waals surface area contributed by atoms with Crippen molar-refractivity contribution in [3.8, 4) is 0 Å². The van der Waals surface area contributed by atoms with Crippen molar-refractivity contribution >= 4 is 37.6 Å². The van der Waals surface area contributed by atoms with Gasteiger partial charge in [0.25, 0.3) is 0 Å². The monoisotopic (exact) mass is 518 g/mol. The molecule has 0 amide bonds. The highest BCUT2D eigenvalue weighted by molar-refractivity contribution is 9.10. The standard InChI is InChI=1S/C27H20Br2O/c28-23-11-5-7-19(17-23)15-21-9-1-3-13-25(21)27(30)26-14-4-2-10-22(26)16-20-8-6-12-24(29)18-20/h1-14,17-18H,15-16H2. The van der Waals surface area contributed by atoms with Crippen LogP contribution in [0.4, 0.5) is 0 Å². The van der Waals surface area contributed by atoms with Crippen molar-refractivity contribution in [3.63, 3.8) is 0 Å². The number of carbonyl (C=O) groups excluding carboxylic acids is 1. The molecule has 148 valence electrons. The number of carbonyl (C=O) groups is 1. The number of benzene rings is 4. The molecular formula is C27H20Br2O. The topological polar surface area (TPSA) is 17.1 Å². The van der Waals surface area contributed by atoms with Crippen LogP contribution in [0.15, 0.2) is 106 Å². The van der Waals surface area contributed by atoms with Crippen LogP contribution < -0.4 is 0 Å². The van der Waals surface area contributed by atoms with E-state index in [4.69, 9.17) is 0 Å². The highest BCUT2D eigenvalue weighted by Crippen LogP contribution is 2.24. The van der Waals surface area contributed by atoms with Crippen LogP contribution >= 0.6 is 31.9 Å². The second-order valence-electron chi connectivity index (χ2n) is 7.26. The molecule has 1 nitrogen and oxygen atoms in total. The quantitative estimate of drug-likeness (QED) is 0.239. The van der Waals surface area contributed by atoms with Gasteiger partial charge in [0, 0.05) is 20.1 Å². The second-order valence-corrected chi connectivity index (χ2v) is 9.09. The van der Waals surface area contributed by atoms with Crippen molar-refractivity contribution in [3.05, 3.63) is 139 Å². The number of hydrogen-bond donors (Lipinski definition) is 0. The Kier molecular flexibility index (Phi) is 6.61. The van der Waals surface area contributed by atoms with Gasteiger partial charge in [0.15, 0.2) is 5.78 Å². The smallest absolute Gasteiger partial charge is 0.193 e. The summed E-state index contributed by atoms with van der Waals surface area (Å²) in [6, 6.07) is 32.3. The number of rotatable bonds is 6. The van der Waals surface area contributed by atoms with Crippen molar-refractivity contribution in [1.82, 2.24) is 0 Å². The summed E-state index contributed by atoms with van der Waals surface area (Å²) in [5, 5.41) is 0. The van der Waals surface area contributed by atoms with Crippen molar-refractivity contribution < 1.29 is 4.79 Å². The number of hydrogen-bond acceptors (Lipinski definition) is 1. The first-order valence-electron chi connectivity index (χ1n) is 9.79. The van der Waals surface area contributed by atoms with Gasteiger partial charge in [-0.25, -0.2) is 0 Å². The molecule has 0 spiro atoms. The summed E-state index contributed by atoms with van der Waals surface area (Å²) in [7, 11) is 0. The third-order valence-electron chi connectivity index (χ3n) is 5.09. The van der Waals surface area contributed by atoms with Gasteiger partial charge in [-0.3, -0.25) is 4.79 Å². The Balaban J connectivity index is 1.67. The largest absolute Gasteiger partial charge is 0.289 e. The molecule has 0 atom stereocenters. The van der Waals surface area contributed by atoms with Gasteiger partial charge in [0.1, 0.15) is 0 Å². The van der Waals surface area contributed by atoms with Crippen LogP contribution in [-0.4, -0.2) is 5.78 Å². The van der Waals surface area contributed by atoms with E-state index in [9.17, 15) is 4.79 Å². The molecule has 0 heterocycles. The minimum atomic E-state index is 0.0752. The first kappa shape index (κ1) is 20.8. The average molecular weight is 520 g/mol. The maximum atomic E-state index is 13.6. The molecule has 4 rings (SSSR count). The molecule has 0 N–H and O–H groups in total. The van der Waals surface area contributed by atoms with Crippen LogP contribution in [0.3, 0.4) is 0 Å². The summed E-state index contributed by atoms with van der Waals surface area (Å²) in [5.41, 5.74) is 5.95. The molecule has 0 fully saturated rings. The van der Waals surface area contributed by atoms with Crippen molar-refractivity contribution in [2.45, 2.75) is 12.8 Å². The highest BCUT2D eigenvalue weighted by Gasteiger charge is 2.17. The van der Waals surface area contributed by atoms with E-state index in [0.717, 1.165) is 44.0 Å². The zero-order valence-electron chi connectivity index (χ0n) is 16.3. The van der Waals surface area contributed by atoms with E-state index in [-0.39, 0.29) is 5.78 Å². The van der Waals surface area contributed by atoms with E-state index in [1.165, 1.54) is 11.1 Å². The summed E-state index contributed by atoms with van der Waals surface area (Å²) < 4.78 is 2.09. The van der Waals surface area contributed by atoms with E-state index in [2.05, 4.69) is 56.1 Å². The van der Waals surface area contributed by atoms with Gasteiger partial charge in [0.2, 0.25) is 0 Å². The fourth-order valence-electron chi connectivity index (χ4n) is 3.67. The van der Waals surface area contributed by atoms with Crippen molar-refractivity contribution in [2.75, 3.05) is 0 Å². The lowest BCUT2D eigenvalue weighted by Crippen LogP contribution is -2.09. The summed E-state index contributed by atoms with van der Waals surface area (Å²) in [6.45, 7) is 0. The Bertz CT molecular complexity index is 1100. The Hall–Kier alpha value is -2.49. The molecule has 0 unspecified atom stereocenters. The van der Waals surface area contributed by atoms with Gasteiger partial charge in [-0.15, -0.1) is 0 Å². The Morgan fingerprint density at radius 1 is 0.567 bits per heavy atom. The molecule has 0 aliphatic carbocycles. The molecule has 3 heteroatoms. The molecule has 0 aromatic heterocycles. The predicted octanol–water partition coefficient (Wildman–Crippen LogP) is 7.62. The van der Waals surface area contributed by atoms with E-state index in [0.29, 0.717) is 0 Å². The lowest BCUT2D eigenvalue weighted by Gasteiger charge is -2.13. The van der Waals surface area contributed by atoms with Gasteiger partial charge >= 0.3 is 0 Å². The van der Waals surface area contributed by atoms with Crippen molar-refractivity contribution in [2.24, 2.45) is 0 Å². The van der Waals surface area contributed by atoms with Crippen LogP contribution in [0.5, 0.6) is 0 Å². The van der Waals surface area contributed by atoms with Crippen LogP contribution in [0.2, 0.25) is 0 Å². The summed E-state index contributed by atoms with van der Waals surface area (Å²) in [4.78, 5) is 13.6. The lowest BCUT2D eigenvalue weighted by molar-refractivity contribution is 0.103.